The van der Waals surface area contributed by atoms with Crippen LogP contribution in [-0.4, -0.2) is 24.4 Å². The second kappa shape index (κ2) is 6.82. The number of benzene rings is 1. The second-order valence-electron chi connectivity index (χ2n) is 6.21. The van der Waals surface area contributed by atoms with Crippen molar-refractivity contribution < 1.29 is 4.79 Å². The van der Waals surface area contributed by atoms with Crippen molar-refractivity contribution in [2.45, 2.75) is 40.0 Å². The van der Waals surface area contributed by atoms with Crippen LogP contribution in [0.2, 0.25) is 10.0 Å². The van der Waals surface area contributed by atoms with Gasteiger partial charge in [0.1, 0.15) is 0 Å². The monoisotopic (exact) mass is 315 g/mol. The fraction of sp³-hybridized carbons (Fsp3) is 0.562. The first-order valence-electron chi connectivity index (χ1n) is 6.87. The predicted octanol–water partition coefficient (Wildman–Crippen LogP) is 4.99. The summed E-state index contributed by atoms with van der Waals surface area (Å²) in [5, 5.41) is 1.12. The predicted molar refractivity (Wildman–Crippen MR) is 86.6 cm³/mol. The third-order valence-corrected chi connectivity index (χ3v) is 4.13. The van der Waals surface area contributed by atoms with Gasteiger partial charge in [-0.2, -0.15) is 0 Å². The van der Waals surface area contributed by atoms with Gasteiger partial charge in [0, 0.05) is 24.9 Å². The van der Waals surface area contributed by atoms with Crippen molar-refractivity contribution in [1.29, 1.82) is 0 Å². The third-order valence-electron chi connectivity index (χ3n) is 3.39. The highest BCUT2D eigenvalue weighted by molar-refractivity contribution is 6.42. The van der Waals surface area contributed by atoms with Crippen LogP contribution in [0.5, 0.6) is 0 Å². The average molecular weight is 316 g/mol. The Morgan fingerprint density at radius 2 is 1.85 bits per heavy atom. The summed E-state index contributed by atoms with van der Waals surface area (Å²) in [7, 11) is 1.85. The van der Waals surface area contributed by atoms with E-state index in [9.17, 15) is 4.79 Å². The van der Waals surface area contributed by atoms with Crippen LogP contribution >= 0.6 is 23.2 Å². The Labute approximate surface area is 132 Å². The number of hydrogen-bond acceptors (Lipinski definition) is 1. The number of carbonyl (C=O) groups excluding carboxylic acids is 1. The van der Waals surface area contributed by atoms with Gasteiger partial charge in [0.25, 0.3) is 0 Å². The summed E-state index contributed by atoms with van der Waals surface area (Å²) in [5.41, 5.74) is 0.764. The lowest BCUT2D eigenvalue weighted by molar-refractivity contribution is -0.138. The topological polar surface area (TPSA) is 20.3 Å². The van der Waals surface area contributed by atoms with Crippen molar-refractivity contribution >= 4 is 29.1 Å². The van der Waals surface area contributed by atoms with Crippen LogP contribution in [0.3, 0.4) is 0 Å². The molecule has 1 amide bonds. The molecule has 0 aliphatic rings. The average Bonchev–Trinajstić information content (AvgIpc) is 2.37. The van der Waals surface area contributed by atoms with Gasteiger partial charge in [0.05, 0.1) is 10.0 Å². The summed E-state index contributed by atoms with van der Waals surface area (Å²) in [5.74, 6) is 0.414. The summed E-state index contributed by atoms with van der Waals surface area (Å²) in [6.07, 6.45) is 0.944. The van der Waals surface area contributed by atoms with Crippen LogP contribution in [0.15, 0.2) is 18.2 Å². The van der Waals surface area contributed by atoms with Gasteiger partial charge >= 0.3 is 0 Å². The van der Waals surface area contributed by atoms with E-state index in [-0.39, 0.29) is 17.2 Å². The second-order valence-corrected chi connectivity index (χ2v) is 7.03. The first kappa shape index (κ1) is 17.3. The van der Waals surface area contributed by atoms with Gasteiger partial charge in [-0.25, -0.2) is 0 Å². The van der Waals surface area contributed by atoms with E-state index in [1.165, 1.54) is 0 Å². The van der Waals surface area contributed by atoms with Crippen molar-refractivity contribution in [2.24, 2.45) is 5.41 Å². The highest BCUT2D eigenvalue weighted by Gasteiger charge is 2.26. The number of halogens is 2. The highest BCUT2D eigenvalue weighted by atomic mass is 35.5. The van der Waals surface area contributed by atoms with Crippen molar-refractivity contribution in [3.63, 3.8) is 0 Å². The summed E-state index contributed by atoms with van der Waals surface area (Å²) in [4.78, 5) is 14.0. The molecule has 0 saturated carbocycles. The molecule has 0 saturated heterocycles. The van der Waals surface area contributed by atoms with Gasteiger partial charge < -0.3 is 4.90 Å². The SMILES string of the molecule is CCC(CN(C)C(=O)C(C)(C)C)c1ccc(Cl)c(Cl)c1. The molecule has 0 aliphatic heterocycles. The molecular weight excluding hydrogens is 293 g/mol. The van der Waals surface area contributed by atoms with Gasteiger partial charge in [0.15, 0.2) is 0 Å². The first-order chi connectivity index (χ1) is 9.16. The van der Waals surface area contributed by atoms with Crippen molar-refractivity contribution in [3.8, 4) is 0 Å². The zero-order valence-electron chi connectivity index (χ0n) is 12.8. The van der Waals surface area contributed by atoms with E-state index >= 15 is 0 Å². The molecule has 0 fully saturated rings. The highest BCUT2D eigenvalue weighted by Crippen LogP contribution is 2.29. The maximum atomic E-state index is 12.2. The smallest absolute Gasteiger partial charge is 0.227 e. The van der Waals surface area contributed by atoms with E-state index in [1.807, 2.05) is 46.0 Å². The van der Waals surface area contributed by atoms with Gasteiger partial charge in [-0.15, -0.1) is 0 Å². The van der Waals surface area contributed by atoms with Crippen LogP contribution in [0, 0.1) is 5.41 Å². The lowest BCUT2D eigenvalue weighted by Gasteiger charge is -2.29. The molecule has 0 spiro atoms. The molecule has 0 aromatic heterocycles. The molecule has 1 unspecified atom stereocenters. The van der Waals surface area contributed by atoms with E-state index in [2.05, 4.69) is 6.92 Å². The fourth-order valence-corrected chi connectivity index (χ4v) is 2.53. The molecular formula is C16H23Cl2NO. The maximum Gasteiger partial charge on any atom is 0.227 e. The molecule has 2 nitrogen and oxygen atoms in total. The Bertz CT molecular complexity index is 480. The van der Waals surface area contributed by atoms with Crippen molar-refractivity contribution in [1.82, 2.24) is 4.90 Å². The van der Waals surface area contributed by atoms with Crippen molar-refractivity contribution in [2.75, 3.05) is 13.6 Å². The Morgan fingerprint density at radius 3 is 2.30 bits per heavy atom. The Kier molecular flexibility index (Phi) is 5.91. The van der Waals surface area contributed by atoms with E-state index < -0.39 is 0 Å². The molecule has 112 valence electrons. The summed E-state index contributed by atoms with van der Waals surface area (Å²) >= 11 is 12.0. The van der Waals surface area contributed by atoms with Crippen LogP contribution in [-0.2, 0) is 4.79 Å². The van der Waals surface area contributed by atoms with Crippen LogP contribution in [0.1, 0.15) is 45.6 Å². The summed E-state index contributed by atoms with van der Waals surface area (Å²) in [6.45, 7) is 8.61. The molecule has 0 aliphatic carbocycles. The molecule has 4 heteroatoms. The van der Waals surface area contributed by atoms with Gasteiger partial charge in [-0.05, 0) is 24.1 Å². The van der Waals surface area contributed by atoms with E-state index in [1.54, 1.807) is 4.90 Å². The largest absolute Gasteiger partial charge is 0.345 e. The standard InChI is InChI=1S/C16H23Cl2NO/c1-6-11(10-19(5)15(20)16(2,3)4)12-7-8-13(17)14(18)9-12/h7-9,11H,6,10H2,1-5H3. The van der Waals surface area contributed by atoms with Gasteiger partial charge in [-0.3, -0.25) is 4.79 Å². The number of nitrogens with zero attached hydrogens (tertiary/aromatic N) is 1. The fourth-order valence-electron chi connectivity index (χ4n) is 2.22. The number of likely N-dealkylation sites (N-methyl/N-ethyl adjacent to an activating group) is 1. The number of hydrogen-bond donors (Lipinski definition) is 0. The van der Waals surface area contributed by atoms with Crippen LogP contribution in [0.25, 0.3) is 0 Å². The van der Waals surface area contributed by atoms with Crippen LogP contribution in [0.4, 0.5) is 0 Å². The summed E-state index contributed by atoms with van der Waals surface area (Å²) in [6, 6.07) is 5.69. The molecule has 1 aromatic carbocycles. The summed E-state index contributed by atoms with van der Waals surface area (Å²) < 4.78 is 0. The minimum Gasteiger partial charge on any atom is -0.345 e. The zero-order chi connectivity index (χ0) is 15.5. The normalized spacial score (nSPS) is 13.2. The maximum absolute atomic E-state index is 12.2. The van der Waals surface area contributed by atoms with Gasteiger partial charge in [0.2, 0.25) is 5.91 Å². The molecule has 0 bridgehead atoms. The molecule has 1 atom stereocenters. The minimum absolute atomic E-state index is 0.149. The van der Waals surface area contributed by atoms with Crippen molar-refractivity contribution in [3.05, 3.63) is 33.8 Å². The minimum atomic E-state index is -0.356. The Morgan fingerprint density at radius 1 is 1.25 bits per heavy atom. The molecule has 1 rings (SSSR count). The Balaban J connectivity index is 2.87. The van der Waals surface area contributed by atoms with E-state index in [4.69, 9.17) is 23.2 Å². The molecule has 0 radical (unpaired) electrons. The van der Waals surface area contributed by atoms with Gasteiger partial charge in [-0.1, -0.05) is 57.0 Å². The zero-order valence-corrected chi connectivity index (χ0v) is 14.3. The number of amides is 1. The lowest BCUT2D eigenvalue weighted by atomic mass is 9.92. The first-order valence-corrected chi connectivity index (χ1v) is 7.63. The molecule has 1 aromatic rings. The third kappa shape index (κ3) is 4.39. The van der Waals surface area contributed by atoms with E-state index in [0.29, 0.717) is 16.6 Å². The van der Waals surface area contributed by atoms with E-state index in [0.717, 1.165) is 12.0 Å². The molecule has 0 N–H and O–H groups in total. The molecule has 0 heterocycles. The Hall–Kier alpha value is -0.730. The lowest BCUT2D eigenvalue weighted by Crippen LogP contribution is -2.38. The quantitative estimate of drug-likeness (QED) is 0.766. The molecule has 20 heavy (non-hydrogen) atoms. The van der Waals surface area contributed by atoms with Crippen LogP contribution < -0.4 is 0 Å². The number of carbonyl (C=O) groups is 1. The number of rotatable bonds is 4.